The van der Waals surface area contributed by atoms with Crippen LogP contribution in [0.4, 0.5) is 5.69 Å². The molecule has 1 amide bonds. The highest BCUT2D eigenvalue weighted by atomic mass is 79.9. The van der Waals surface area contributed by atoms with E-state index in [4.69, 9.17) is 5.11 Å². The standard InChI is InChI=1S/C14H13BrN2O3/c15-11-4-5-14(20)17(7-11)8-13(19)16-12-3-1-2-10(6-12)9-18/h1-7,18H,8-9H2,(H,16,19). The number of hydrogen-bond acceptors (Lipinski definition) is 3. The molecule has 2 aromatic rings. The van der Waals surface area contributed by atoms with Gasteiger partial charge in [0.25, 0.3) is 5.56 Å². The summed E-state index contributed by atoms with van der Waals surface area (Å²) in [5, 5.41) is 11.7. The highest BCUT2D eigenvalue weighted by Crippen LogP contribution is 2.11. The van der Waals surface area contributed by atoms with Gasteiger partial charge in [-0.25, -0.2) is 0 Å². The first-order valence-electron chi connectivity index (χ1n) is 5.94. The second kappa shape index (κ2) is 6.49. The zero-order valence-corrected chi connectivity index (χ0v) is 12.1. The number of benzene rings is 1. The van der Waals surface area contributed by atoms with E-state index >= 15 is 0 Å². The van der Waals surface area contributed by atoms with Gasteiger partial charge < -0.3 is 15.0 Å². The largest absolute Gasteiger partial charge is 0.392 e. The fourth-order valence-electron chi connectivity index (χ4n) is 1.73. The average molecular weight is 337 g/mol. The van der Waals surface area contributed by atoms with Crippen molar-refractivity contribution in [3.8, 4) is 0 Å². The number of amides is 1. The Bertz CT molecular complexity index is 682. The SMILES string of the molecule is O=C(Cn1cc(Br)ccc1=O)Nc1cccc(CO)c1. The van der Waals surface area contributed by atoms with Crippen LogP contribution in [0.1, 0.15) is 5.56 Å². The van der Waals surface area contributed by atoms with E-state index in [2.05, 4.69) is 21.2 Å². The van der Waals surface area contributed by atoms with Crippen molar-refractivity contribution in [2.45, 2.75) is 13.2 Å². The van der Waals surface area contributed by atoms with E-state index in [-0.39, 0.29) is 24.6 Å². The van der Waals surface area contributed by atoms with Crippen molar-refractivity contribution in [1.82, 2.24) is 4.57 Å². The smallest absolute Gasteiger partial charge is 0.251 e. The fraction of sp³-hybridized carbons (Fsp3) is 0.143. The van der Waals surface area contributed by atoms with Crippen molar-refractivity contribution >= 4 is 27.5 Å². The molecule has 2 N–H and O–H groups in total. The van der Waals surface area contributed by atoms with E-state index in [1.54, 1.807) is 36.5 Å². The predicted molar refractivity (Wildman–Crippen MR) is 79.4 cm³/mol. The van der Waals surface area contributed by atoms with E-state index in [0.717, 1.165) is 4.47 Å². The maximum absolute atomic E-state index is 11.9. The van der Waals surface area contributed by atoms with Crippen molar-refractivity contribution in [2.75, 3.05) is 5.32 Å². The van der Waals surface area contributed by atoms with Gasteiger partial charge in [-0.05, 0) is 39.7 Å². The quantitative estimate of drug-likeness (QED) is 0.893. The monoisotopic (exact) mass is 336 g/mol. The third-order valence-electron chi connectivity index (χ3n) is 2.65. The molecule has 20 heavy (non-hydrogen) atoms. The Labute approximate surface area is 124 Å². The first-order valence-corrected chi connectivity index (χ1v) is 6.73. The molecule has 0 aliphatic heterocycles. The van der Waals surface area contributed by atoms with Crippen LogP contribution in [0.5, 0.6) is 0 Å². The Balaban J connectivity index is 2.09. The van der Waals surface area contributed by atoms with Crippen LogP contribution < -0.4 is 10.9 Å². The summed E-state index contributed by atoms with van der Waals surface area (Å²) < 4.78 is 2.04. The Morgan fingerprint density at radius 1 is 1.30 bits per heavy atom. The van der Waals surface area contributed by atoms with Crippen LogP contribution in [0.15, 0.2) is 51.9 Å². The molecule has 0 bridgehead atoms. The lowest BCUT2D eigenvalue weighted by Crippen LogP contribution is -2.26. The van der Waals surface area contributed by atoms with Gasteiger partial charge in [0.1, 0.15) is 6.54 Å². The summed E-state index contributed by atoms with van der Waals surface area (Å²) in [6, 6.07) is 9.93. The molecule has 0 saturated carbocycles. The number of hydrogen-bond donors (Lipinski definition) is 2. The van der Waals surface area contributed by atoms with Gasteiger partial charge >= 0.3 is 0 Å². The van der Waals surface area contributed by atoms with Crippen molar-refractivity contribution in [2.24, 2.45) is 0 Å². The summed E-state index contributed by atoms with van der Waals surface area (Å²) in [6.45, 7) is -0.156. The van der Waals surface area contributed by atoms with Gasteiger partial charge in [0, 0.05) is 22.4 Å². The zero-order chi connectivity index (χ0) is 14.5. The highest BCUT2D eigenvalue weighted by Gasteiger charge is 2.06. The van der Waals surface area contributed by atoms with Gasteiger partial charge in [0.15, 0.2) is 0 Å². The number of halogens is 1. The van der Waals surface area contributed by atoms with Gasteiger partial charge in [-0.1, -0.05) is 12.1 Å². The van der Waals surface area contributed by atoms with E-state index in [1.807, 2.05) is 0 Å². The number of aromatic nitrogens is 1. The third kappa shape index (κ3) is 3.79. The average Bonchev–Trinajstić information content (AvgIpc) is 2.43. The number of aliphatic hydroxyl groups is 1. The van der Waals surface area contributed by atoms with E-state index in [1.165, 1.54) is 10.6 Å². The van der Waals surface area contributed by atoms with Crippen LogP contribution >= 0.6 is 15.9 Å². The molecule has 0 unspecified atom stereocenters. The topological polar surface area (TPSA) is 71.3 Å². The molecular formula is C14H13BrN2O3. The minimum atomic E-state index is -0.305. The number of nitrogens with zero attached hydrogens (tertiary/aromatic N) is 1. The lowest BCUT2D eigenvalue weighted by Gasteiger charge is -2.08. The summed E-state index contributed by atoms with van der Waals surface area (Å²) in [7, 11) is 0. The van der Waals surface area contributed by atoms with E-state index in [0.29, 0.717) is 11.3 Å². The lowest BCUT2D eigenvalue weighted by molar-refractivity contribution is -0.116. The van der Waals surface area contributed by atoms with Gasteiger partial charge in [0.05, 0.1) is 6.61 Å². The molecule has 0 fully saturated rings. The van der Waals surface area contributed by atoms with Crippen LogP contribution in [-0.2, 0) is 17.9 Å². The van der Waals surface area contributed by atoms with Gasteiger partial charge in [-0.2, -0.15) is 0 Å². The number of carbonyl (C=O) groups is 1. The van der Waals surface area contributed by atoms with Crippen LogP contribution in [0.3, 0.4) is 0 Å². The summed E-state index contributed by atoms with van der Waals surface area (Å²) in [6.07, 6.45) is 1.56. The number of nitrogens with one attached hydrogen (secondary N) is 1. The van der Waals surface area contributed by atoms with E-state index in [9.17, 15) is 9.59 Å². The van der Waals surface area contributed by atoms with Crippen LogP contribution in [0.2, 0.25) is 0 Å². The van der Waals surface area contributed by atoms with Gasteiger partial charge in [-0.15, -0.1) is 0 Å². The molecule has 6 heteroatoms. The number of anilines is 1. The Morgan fingerprint density at radius 2 is 2.10 bits per heavy atom. The second-order valence-corrected chi connectivity index (χ2v) is 5.14. The molecule has 1 aromatic carbocycles. The lowest BCUT2D eigenvalue weighted by atomic mass is 10.2. The number of rotatable bonds is 4. The second-order valence-electron chi connectivity index (χ2n) is 4.22. The first-order chi connectivity index (χ1) is 9.58. The van der Waals surface area contributed by atoms with Crippen LogP contribution in [-0.4, -0.2) is 15.6 Å². The fourth-order valence-corrected chi connectivity index (χ4v) is 2.11. The third-order valence-corrected chi connectivity index (χ3v) is 3.12. The molecule has 0 saturated heterocycles. The molecule has 0 atom stereocenters. The number of carbonyl (C=O) groups excluding carboxylic acids is 1. The molecular weight excluding hydrogens is 324 g/mol. The van der Waals surface area contributed by atoms with Gasteiger partial charge in [0.2, 0.25) is 5.91 Å². The van der Waals surface area contributed by atoms with Crippen molar-refractivity contribution in [3.05, 3.63) is 63.0 Å². The molecule has 0 aliphatic carbocycles. The molecule has 0 spiro atoms. The van der Waals surface area contributed by atoms with E-state index < -0.39 is 0 Å². The van der Waals surface area contributed by atoms with Gasteiger partial charge in [-0.3, -0.25) is 9.59 Å². The molecule has 1 heterocycles. The summed E-state index contributed by atoms with van der Waals surface area (Å²) in [5.74, 6) is -0.305. The summed E-state index contributed by atoms with van der Waals surface area (Å²) in [4.78, 5) is 23.5. The van der Waals surface area contributed by atoms with Crippen LogP contribution in [0, 0.1) is 0 Å². The molecule has 0 radical (unpaired) electrons. The first kappa shape index (κ1) is 14.5. The molecule has 104 valence electrons. The maximum atomic E-state index is 11.9. The molecule has 1 aromatic heterocycles. The Morgan fingerprint density at radius 3 is 2.85 bits per heavy atom. The number of aliphatic hydroxyl groups excluding tert-OH is 1. The zero-order valence-electron chi connectivity index (χ0n) is 10.5. The summed E-state index contributed by atoms with van der Waals surface area (Å²) in [5.41, 5.74) is 1.06. The predicted octanol–water partition coefficient (Wildman–Crippen LogP) is 1.74. The maximum Gasteiger partial charge on any atom is 0.251 e. The highest BCUT2D eigenvalue weighted by molar-refractivity contribution is 9.10. The number of pyridine rings is 1. The van der Waals surface area contributed by atoms with Crippen molar-refractivity contribution in [1.29, 1.82) is 0 Å². The van der Waals surface area contributed by atoms with Crippen molar-refractivity contribution < 1.29 is 9.90 Å². The Hall–Kier alpha value is -1.92. The molecule has 0 aliphatic rings. The Kier molecular flexibility index (Phi) is 4.70. The normalized spacial score (nSPS) is 10.3. The summed E-state index contributed by atoms with van der Waals surface area (Å²) >= 11 is 3.25. The molecule has 5 nitrogen and oxygen atoms in total. The van der Waals surface area contributed by atoms with Crippen molar-refractivity contribution in [3.63, 3.8) is 0 Å². The minimum Gasteiger partial charge on any atom is -0.392 e. The minimum absolute atomic E-state index is 0.0678. The van der Waals surface area contributed by atoms with Crippen LogP contribution in [0.25, 0.3) is 0 Å². The molecule has 2 rings (SSSR count).